The molecule has 0 fully saturated rings. The number of hydrogen-bond donors (Lipinski definition) is 2. The van der Waals surface area contributed by atoms with Gasteiger partial charge in [-0.1, -0.05) is 13.8 Å². The van der Waals surface area contributed by atoms with Crippen LogP contribution < -0.4 is 20.9 Å². The molecule has 8 heteroatoms. The van der Waals surface area contributed by atoms with E-state index in [1.165, 1.54) is 6.20 Å². The molecule has 0 spiro atoms. The van der Waals surface area contributed by atoms with Gasteiger partial charge in [0.15, 0.2) is 11.6 Å². The van der Waals surface area contributed by atoms with E-state index in [1.54, 1.807) is 12.4 Å². The molecule has 2 aromatic heterocycles. The molecular weight excluding hydrogens is 457 g/mol. The lowest BCUT2D eigenvalue weighted by Crippen LogP contribution is -2.04. The standard InChI is InChI=1S/C19H20IN5O2/c1-11(2)13-7-16(26-10-12-3-5-23-6-4-12)14(20)8-15(13)27-17-9-24-19(22)25-18(17)21/h3-9,11H,10H2,1-2H3,(H4,21,22,24,25). The third-order valence-electron chi connectivity index (χ3n) is 3.85. The first-order valence-electron chi connectivity index (χ1n) is 8.35. The fourth-order valence-electron chi connectivity index (χ4n) is 2.44. The molecule has 0 radical (unpaired) electrons. The van der Waals surface area contributed by atoms with Gasteiger partial charge in [-0.05, 0) is 58.3 Å². The van der Waals surface area contributed by atoms with E-state index < -0.39 is 0 Å². The molecule has 27 heavy (non-hydrogen) atoms. The fourth-order valence-corrected chi connectivity index (χ4v) is 3.03. The molecule has 140 valence electrons. The molecule has 1 aromatic carbocycles. The van der Waals surface area contributed by atoms with Gasteiger partial charge in [0.05, 0.1) is 9.77 Å². The second kappa shape index (κ2) is 8.38. The Morgan fingerprint density at radius 1 is 1.07 bits per heavy atom. The SMILES string of the molecule is CC(C)c1cc(OCc2ccncc2)c(I)cc1Oc1cnc(N)nc1N. The zero-order chi connectivity index (χ0) is 19.4. The Hall–Kier alpha value is -2.62. The number of aromatic nitrogens is 3. The summed E-state index contributed by atoms with van der Waals surface area (Å²) >= 11 is 2.23. The summed E-state index contributed by atoms with van der Waals surface area (Å²) < 4.78 is 12.9. The van der Waals surface area contributed by atoms with Gasteiger partial charge < -0.3 is 20.9 Å². The number of anilines is 2. The van der Waals surface area contributed by atoms with Gasteiger partial charge in [0, 0.05) is 18.0 Å². The number of nitrogen functional groups attached to an aromatic ring is 2. The van der Waals surface area contributed by atoms with E-state index in [0.717, 1.165) is 20.4 Å². The van der Waals surface area contributed by atoms with Gasteiger partial charge in [-0.2, -0.15) is 4.98 Å². The highest BCUT2D eigenvalue weighted by atomic mass is 127. The van der Waals surface area contributed by atoms with Crippen LogP contribution in [-0.2, 0) is 6.61 Å². The summed E-state index contributed by atoms with van der Waals surface area (Å²) in [5, 5.41) is 0. The second-order valence-electron chi connectivity index (χ2n) is 6.20. The molecule has 0 amide bonds. The van der Waals surface area contributed by atoms with Gasteiger partial charge in [0.1, 0.15) is 18.1 Å². The largest absolute Gasteiger partial charge is 0.488 e. The Labute approximate surface area is 171 Å². The molecule has 0 atom stereocenters. The van der Waals surface area contributed by atoms with Crippen molar-refractivity contribution in [1.82, 2.24) is 15.0 Å². The highest BCUT2D eigenvalue weighted by molar-refractivity contribution is 14.1. The molecule has 0 bridgehead atoms. The van der Waals surface area contributed by atoms with Gasteiger partial charge in [0.2, 0.25) is 5.95 Å². The zero-order valence-corrected chi connectivity index (χ0v) is 17.2. The van der Waals surface area contributed by atoms with E-state index in [2.05, 4.69) is 51.4 Å². The first-order chi connectivity index (χ1) is 12.9. The summed E-state index contributed by atoms with van der Waals surface area (Å²) in [6.45, 7) is 4.64. The lowest BCUT2D eigenvalue weighted by Gasteiger charge is -2.18. The van der Waals surface area contributed by atoms with Crippen LogP contribution in [0.5, 0.6) is 17.2 Å². The van der Waals surface area contributed by atoms with E-state index in [0.29, 0.717) is 18.1 Å². The number of benzene rings is 1. The molecule has 3 rings (SSSR count). The van der Waals surface area contributed by atoms with Crippen molar-refractivity contribution in [3.05, 3.63) is 57.6 Å². The van der Waals surface area contributed by atoms with Crippen molar-refractivity contribution in [1.29, 1.82) is 0 Å². The van der Waals surface area contributed by atoms with E-state index in [-0.39, 0.29) is 17.7 Å². The minimum Gasteiger partial charge on any atom is -0.488 e. The first-order valence-corrected chi connectivity index (χ1v) is 9.43. The van der Waals surface area contributed by atoms with Gasteiger partial charge in [-0.25, -0.2) is 4.98 Å². The van der Waals surface area contributed by atoms with Crippen LogP contribution in [0.4, 0.5) is 11.8 Å². The molecule has 2 heterocycles. The molecule has 0 aliphatic heterocycles. The summed E-state index contributed by atoms with van der Waals surface area (Å²) in [6.07, 6.45) is 4.97. The number of nitrogens with zero attached hydrogens (tertiary/aromatic N) is 3. The summed E-state index contributed by atoms with van der Waals surface area (Å²) in [5.41, 5.74) is 13.5. The van der Waals surface area contributed by atoms with Crippen LogP contribution in [-0.4, -0.2) is 15.0 Å². The van der Waals surface area contributed by atoms with E-state index in [9.17, 15) is 0 Å². The quantitative estimate of drug-likeness (QED) is 0.514. The highest BCUT2D eigenvalue weighted by Crippen LogP contribution is 2.38. The number of ether oxygens (including phenoxy) is 2. The maximum atomic E-state index is 6.00. The molecule has 0 unspecified atom stereocenters. The smallest absolute Gasteiger partial charge is 0.222 e. The predicted molar refractivity (Wildman–Crippen MR) is 113 cm³/mol. The van der Waals surface area contributed by atoms with Crippen molar-refractivity contribution in [2.24, 2.45) is 0 Å². The molecule has 0 saturated carbocycles. The minimum atomic E-state index is 0.110. The summed E-state index contributed by atoms with van der Waals surface area (Å²) in [4.78, 5) is 11.9. The average Bonchev–Trinajstić information content (AvgIpc) is 2.64. The van der Waals surface area contributed by atoms with Gasteiger partial charge in [-0.15, -0.1) is 0 Å². The summed E-state index contributed by atoms with van der Waals surface area (Å²) in [6, 6.07) is 7.78. The number of hydrogen-bond acceptors (Lipinski definition) is 7. The Bertz CT molecular complexity index is 935. The van der Waals surface area contributed by atoms with Crippen LogP contribution in [0.25, 0.3) is 0 Å². The lowest BCUT2D eigenvalue weighted by molar-refractivity contribution is 0.302. The Kier molecular flexibility index (Phi) is 5.94. The van der Waals surface area contributed by atoms with Crippen LogP contribution in [0.1, 0.15) is 30.9 Å². The third-order valence-corrected chi connectivity index (χ3v) is 4.69. The summed E-state index contributed by atoms with van der Waals surface area (Å²) in [7, 11) is 0. The lowest BCUT2D eigenvalue weighted by atomic mass is 10.0. The maximum Gasteiger partial charge on any atom is 0.222 e. The normalized spacial score (nSPS) is 10.8. The zero-order valence-electron chi connectivity index (χ0n) is 15.0. The van der Waals surface area contributed by atoms with Crippen LogP contribution in [0.15, 0.2) is 42.9 Å². The van der Waals surface area contributed by atoms with Crippen LogP contribution in [0.2, 0.25) is 0 Å². The van der Waals surface area contributed by atoms with E-state index >= 15 is 0 Å². The minimum absolute atomic E-state index is 0.110. The number of halogens is 1. The molecule has 3 aromatic rings. The fraction of sp³-hybridized carbons (Fsp3) is 0.211. The van der Waals surface area contributed by atoms with Crippen molar-refractivity contribution >= 4 is 34.4 Å². The Morgan fingerprint density at radius 3 is 2.48 bits per heavy atom. The summed E-state index contributed by atoms with van der Waals surface area (Å²) in [5.74, 6) is 2.38. The maximum absolute atomic E-state index is 6.00. The molecule has 0 aliphatic carbocycles. The molecule has 4 N–H and O–H groups in total. The van der Waals surface area contributed by atoms with Crippen molar-refractivity contribution in [2.45, 2.75) is 26.4 Å². The van der Waals surface area contributed by atoms with E-state index in [4.69, 9.17) is 20.9 Å². The van der Waals surface area contributed by atoms with Crippen molar-refractivity contribution in [2.75, 3.05) is 11.5 Å². The van der Waals surface area contributed by atoms with Crippen LogP contribution in [0, 0.1) is 3.57 Å². The number of rotatable bonds is 6. The Balaban J connectivity index is 1.87. The van der Waals surface area contributed by atoms with Crippen LogP contribution in [0.3, 0.4) is 0 Å². The molecule has 0 aliphatic rings. The average molecular weight is 477 g/mol. The van der Waals surface area contributed by atoms with Crippen LogP contribution >= 0.6 is 22.6 Å². The van der Waals surface area contributed by atoms with Crippen molar-refractivity contribution in [3.63, 3.8) is 0 Å². The molecule has 7 nitrogen and oxygen atoms in total. The highest BCUT2D eigenvalue weighted by Gasteiger charge is 2.16. The number of pyridine rings is 1. The monoisotopic (exact) mass is 477 g/mol. The van der Waals surface area contributed by atoms with E-state index in [1.807, 2.05) is 24.3 Å². The van der Waals surface area contributed by atoms with Gasteiger partial charge >= 0.3 is 0 Å². The van der Waals surface area contributed by atoms with Crippen molar-refractivity contribution in [3.8, 4) is 17.2 Å². The topological polar surface area (TPSA) is 109 Å². The van der Waals surface area contributed by atoms with Crippen molar-refractivity contribution < 1.29 is 9.47 Å². The molecular formula is C19H20IN5O2. The number of nitrogens with two attached hydrogens (primary N) is 2. The Morgan fingerprint density at radius 2 is 1.81 bits per heavy atom. The predicted octanol–water partition coefficient (Wildman–Crippen LogP) is 4.14. The van der Waals surface area contributed by atoms with Gasteiger partial charge in [-0.3, -0.25) is 4.98 Å². The third kappa shape index (κ3) is 4.76. The van der Waals surface area contributed by atoms with Gasteiger partial charge in [0.25, 0.3) is 0 Å². The second-order valence-corrected chi connectivity index (χ2v) is 7.36. The first kappa shape index (κ1) is 19.2. The molecule has 0 saturated heterocycles.